The van der Waals surface area contributed by atoms with Gasteiger partial charge in [-0.05, 0) is 14.0 Å². The highest BCUT2D eigenvalue weighted by atomic mass is 16.2. The molecule has 5 nitrogen and oxygen atoms in total. The molecule has 13 heavy (non-hydrogen) atoms. The number of piperazine rings is 1. The summed E-state index contributed by atoms with van der Waals surface area (Å²) in [4.78, 5) is 15.6. The summed E-state index contributed by atoms with van der Waals surface area (Å²) in [6, 6.07) is -0.112. The van der Waals surface area contributed by atoms with Crippen molar-refractivity contribution >= 4 is 5.91 Å². The Morgan fingerprint density at radius 3 is 2.38 bits per heavy atom. The van der Waals surface area contributed by atoms with Crippen LogP contribution in [0.3, 0.4) is 0 Å². The van der Waals surface area contributed by atoms with Crippen LogP contribution in [0.4, 0.5) is 0 Å². The quantitative estimate of drug-likeness (QED) is 0.317. The predicted molar refractivity (Wildman–Crippen MR) is 50.9 cm³/mol. The molecule has 0 bridgehead atoms. The first-order chi connectivity index (χ1) is 6.15. The minimum absolute atomic E-state index is 0.107. The van der Waals surface area contributed by atoms with E-state index >= 15 is 0 Å². The van der Waals surface area contributed by atoms with Gasteiger partial charge in [-0.25, -0.2) is 5.84 Å². The summed E-state index contributed by atoms with van der Waals surface area (Å²) in [5.74, 6) is 4.96. The third-order valence-corrected chi connectivity index (χ3v) is 2.61. The molecule has 0 spiro atoms. The van der Waals surface area contributed by atoms with Crippen LogP contribution in [-0.4, -0.2) is 55.0 Å². The first-order valence-corrected chi connectivity index (χ1v) is 4.58. The lowest BCUT2D eigenvalue weighted by atomic mass is 10.2. The summed E-state index contributed by atoms with van der Waals surface area (Å²) in [5, 5.41) is 0. The third kappa shape index (κ3) is 2.65. The van der Waals surface area contributed by atoms with Crippen LogP contribution < -0.4 is 11.3 Å². The zero-order valence-corrected chi connectivity index (χ0v) is 8.29. The van der Waals surface area contributed by atoms with Gasteiger partial charge in [0.05, 0.1) is 6.04 Å². The number of nitrogens with one attached hydrogen (secondary N) is 1. The maximum Gasteiger partial charge on any atom is 0.250 e. The SMILES string of the molecule is C[C@@H](C(=O)NN)N1CCN(C)CC1. The molecule has 0 aromatic heterocycles. The molecule has 3 N–H and O–H groups in total. The second kappa shape index (κ2) is 4.55. The summed E-state index contributed by atoms with van der Waals surface area (Å²) >= 11 is 0. The minimum atomic E-state index is -0.112. The Balaban J connectivity index is 2.39. The highest BCUT2D eigenvalue weighted by Gasteiger charge is 2.23. The average molecular weight is 186 g/mol. The van der Waals surface area contributed by atoms with Gasteiger partial charge in [0.15, 0.2) is 0 Å². The first kappa shape index (κ1) is 10.4. The van der Waals surface area contributed by atoms with E-state index in [1.165, 1.54) is 0 Å². The number of amides is 1. The molecular weight excluding hydrogens is 168 g/mol. The molecule has 1 aliphatic heterocycles. The third-order valence-electron chi connectivity index (χ3n) is 2.61. The molecule has 0 aliphatic carbocycles. The maximum atomic E-state index is 11.2. The lowest BCUT2D eigenvalue weighted by molar-refractivity contribution is -0.126. The Bertz CT molecular complexity index is 177. The molecule has 1 amide bonds. The average Bonchev–Trinajstić information content (AvgIpc) is 2.17. The van der Waals surface area contributed by atoms with Crippen LogP contribution in [0.5, 0.6) is 0 Å². The van der Waals surface area contributed by atoms with Crippen molar-refractivity contribution in [3.63, 3.8) is 0 Å². The number of hydrogen-bond donors (Lipinski definition) is 2. The maximum absolute atomic E-state index is 11.2. The summed E-state index contributed by atoms with van der Waals surface area (Å²) in [6.07, 6.45) is 0. The zero-order valence-electron chi connectivity index (χ0n) is 8.29. The van der Waals surface area contributed by atoms with E-state index in [0.717, 1.165) is 26.2 Å². The fourth-order valence-electron chi connectivity index (χ4n) is 1.50. The van der Waals surface area contributed by atoms with E-state index in [0.29, 0.717) is 0 Å². The van der Waals surface area contributed by atoms with Crippen molar-refractivity contribution in [2.45, 2.75) is 13.0 Å². The highest BCUT2D eigenvalue weighted by Crippen LogP contribution is 2.04. The first-order valence-electron chi connectivity index (χ1n) is 4.58. The number of hydrazine groups is 1. The van der Waals surface area contributed by atoms with Crippen LogP contribution in [0.25, 0.3) is 0 Å². The van der Waals surface area contributed by atoms with Crippen molar-refractivity contribution in [2.24, 2.45) is 5.84 Å². The van der Waals surface area contributed by atoms with Gasteiger partial charge in [0.25, 0.3) is 5.91 Å². The van der Waals surface area contributed by atoms with Gasteiger partial charge in [-0.15, -0.1) is 0 Å². The predicted octanol–water partition coefficient (Wildman–Crippen LogP) is -1.39. The van der Waals surface area contributed by atoms with Crippen molar-refractivity contribution in [1.82, 2.24) is 15.2 Å². The molecule has 0 aromatic rings. The Morgan fingerprint density at radius 2 is 1.92 bits per heavy atom. The van der Waals surface area contributed by atoms with Gasteiger partial charge in [0.2, 0.25) is 0 Å². The second-order valence-electron chi connectivity index (χ2n) is 3.52. The van der Waals surface area contributed by atoms with Gasteiger partial charge in [0.1, 0.15) is 0 Å². The van der Waals surface area contributed by atoms with Gasteiger partial charge < -0.3 is 4.90 Å². The topological polar surface area (TPSA) is 61.6 Å². The van der Waals surface area contributed by atoms with Crippen molar-refractivity contribution in [2.75, 3.05) is 33.2 Å². The molecule has 0 aromatic carbocycles. The molecule has 0 saturated carbocycles. The Morgan fingerprint density at radius 1 is 1.38 bits per heavy atom. The summed E-state index contributed by atoms with van der Waals surface area (Å²) in [6.45, 7) is 5.79. The normalized spacial score (nSPS) is 22.7. The van der Waals surface area contributed by atoms with Crippen LogP contribution in [0.2, 0.25) is 0 Å². The van der Waals surface area contributed by atoms with Gasteiger partial charge in [-0.3, -0.25) is 15.1 Å². The number of nitrogens with zero attached hydrogens (tertiary/aromatic N) is 2. The molecule has 5 heteroatoms. The van der Waals surface area contributed by atoms with Crippen LogP contribution in [0.1, 0.15) is 6.92 Å². The van der Waals surface area contributed by atoms with Gasteiger partial charge in [0, 0.05) is 26.2 Å². The molecule has 0 unspecified atom stereocenters. The van der Waals surface area contributed by atoms with E-state index < -0.39 is 0 Å². The van der Waals surface area contributed by atoms with E-state index in [-0.39, 0.29) is 11.9 Å². The summed E-state index contributed by atoms with van der Waals surface area (Å²) < 4.78 is 0. The largest absolute Gasteiger partial charge is 0.304 e. The standard InChI is InChI=1S/C8H18N4O/c1-7(8(13)10-9)12-5-3-11(2)4-6-12/h7H,3-6,9H2,1-2H3,(H,10,13)/t7-/m0/s1. The molecule has 0 radical (unpaired) electrons. The molecule has 1 fully saturated rings. The van der Waals surface area contributed by atoms with Crippen LogP contribution in [0, 0.1) is 0 Å². The number of rotatable bonds is 2. The van der Waals surface area contributed by atoms with Gasteiger partial charge >= 0.3 is 0 Å². The van der Waals surface area contributed by atoms with E-state index in [1.807, 2.05) is 6.92 Å². The van der Waals surface area contributed by atoms with E-state index in [4.69, 9.17) is 5.84 Å². The summed E-state index contributed by atoms with van der Waals surface area (Å²) in [7, 11) is 2.09. The Labute approximate surface area is 78.8 Å². The van der Waals surface area contributed by atoms with E-state index in [9.17, 15) is 4.79 Å². The van der Waals surface area contributed by atoms with Crippen LogP contribution in [0.15, 0.2) is 0 Å². The summed E-state index contributed by atoms with van der Waals surface area (Å²) in [5.41, 5.74) is 2.18. The Hall–Kier alpha value is -0.650. The number of hydrogen-bond acceptors (Lipinski definition) is 4. The second-order valence-corrected chi connectivity index (χ2v) is 3.52. The molecule has 1 heterocycles. The smallest absolute Gasteiger partial charge is 0.250 e. The molecule has 1 saturated heterocycles. The van der Waals surface area contributed by atoms with Crippen molar-refractivity contribution in [3.05, 3.63) is 0 Å². The molecular formula is C8H18N4O. The highest BCUT2D eigenvalue weighted by molar-refractivity contribution is 5.80. The van der Waals surface area contributed by atoms with Gasteiger partial charge in [-0.2, -0.15) is 0 Å². The molecule has 1 atom stereocenters. The zero-order chi connectivity index (χ0) is 9.84. The number of carbonyl (C=O) groups is 1. The van der Waals surface area contributed by atoms with E-state index in [2.05, 4.69) is 22.3 Å². The number of likely N-dealkylation sites (N-methyl/N-ethyl adjacent to an activating group) is 1. The van der Waals surface area contributed by atoms with Crippen LogP contribution in [-0.2, 0) is 4.79 Å². The van der Waals surface area contributed by atoms with Gasteiger partial charge in [-0.1, -0.05) is 0 Å². The number of nitrogens with two attached hydrogens (primary N) is 1. The molecule has 1 rings (SSSR count). The van der Waals surface area contributed by atoms with Crippen molar-refractivity contribution in [1.29, 1.82) is 0 Å². The Kier molecular flexibility index (Phi) is 3.65. The van der Waals surface area contributed by atoms with Crippen molar-refractivity contribution in [3.8, 4) is 0 Å². The minimum Gasteiger partial charge on any atom is -0.304 e. The number of carbonyl (C=O) groups excluding carboxylic acids is 1. The molecule has 1 aliphatic rings. The van der Waals surface area contributed by atoms with Crippen LogP contribution >= 0.6 is 0 Å². The van der Waals surface area contributed by atoms with Crippen molar-refractivity contribution < 1.29 is 4.79 Å². The van der Waals surface area contributed by atoms with E-state index in [1.54, 1.807) is 0 Å². The fourth-order valence-corrected chi connectivity index (χ4v) is 1.50. The lowest BCUT2D eigenvalue weighted by Gasteiger charge is -2.35. The fraction of sp³-hybridized carbons (Fsp3) is 0.875. The monoisotopic (exact) mass is 186 g/mol. The lowest BCUT2D eigenvalue weighted by Crippen LogP contribution is -2.54. The molecule has 76 valence electrons.